The van der Waals surface area contributed by atoms with Crippen molar-refractivity contribution in [2.24, 2.45) is 10.9 Å². The van der Waals surface area contributed by atoms with Crippen molar-refractivity contribution in [1.29, 1.82) is 0 Å². The van der Waals surface area contributed by atoms with Crippen LogP contribution in [0.2, 0.25) is 0 Å². The molecule has 2 aromatic carbocycles. The normalized spacial score (nSPS) is 15.6. The molecule has 0 radical (unpaired) electrons. The van der Waals surface area contributed by atoms with Crippen molar-refractivity contribution in [3.05, 3.63) is 82.8 Å². The van der Waals surface area contributed by atoms with Crippen LogP contribution in [0.5, 0.6) is 0 Å². The number of aliphatic imine (C=N–C) groups is 1. The van der Waals surface area contributed by atoms with Crippen LogP contribution in [0.25, 0.3) is 5.76 Å². The van der Waals surface area contributed by atoms with Crippen LogP contribution in [0.4, 0.5) is 18.9 Å². The zero-order valence-corrected chi connectivity index (χ0v) is 25.4. The van der Waals surface area contributed by atoms with E-state index in [1.54, 1.807) is 23.9 Å². The molecule has 2 aromatic rings. The van der Waals surface area contributed by atoms with Crippen LogP contribution in [0.15, 0.2) is 81.6 Å². The molecule has 226 valence electrons. The highest BCUT2D eigenvalue weighted by Gasteiger charge is 2.30. The van der Waals surface area contributed by atoms with Gasteiger partial charge in [-0.25, -0.2) is 4.99 Å². The Labute approximate surface area is 252 Å². The third-order valence-electron chi connectivity index (χ3n) is 7.52. The first-order chi connectivity index (χ1) is 20.4. The summed E-state index contributed by atoms with van der Waals surface area (Å²) in [6, 6.07) is 13.1. The van der Waals surface area contributed by atoms with Crippen molar-refractivity contribution in [1.82, 2.24) is 0 Å². The standard InChI is InChI=1S/C34H41F3N2O2S/c1-3-5-12-25(4-2)24-40-30(26-13-8-14-26)19-11-22-42-32-20-7-6-17-29(32)31-18-10-21-38-33(41-31)39-28-16-9-15-27(23-28)34(35,36)37/h6-7,9-10,15-17,20,23,25H,3-5,8,11-14,19,21-22,24H2,1-2H3,(H,38,39). The predicted molar refractivity (Wildman–Crippen MR) is 166 cm³/mol. The number of ether oxygens (including phenoxy) is 2. The molecule has 4 nitrogen and oxygen atoms in total. The van der Waals surface area contributed by atoms with Gasteiger partial charge in [-0.1, -0.05) is 57.0 Å². The molecule has 8 heteroatoms. The van der Waals surface area contributed by atoms with Gasteiger partial charge in [0.2, 0.25) is 0 Å². The first kappa shape index (κ1) is 31.8. The molecule has 1 unspecified atom stereocenters. The number of amidine groups is 1. The van der Waals surface area contributed by atoms with Crippen LogP contribution in [0.1, 0.15) is 82.8 Å². The van der Waals surface area contributed by atoms with Crippen LogP contribution >= 0.6 is 11.8 Å². The van der Waals surface area contributed by atoms with Crippen LogP contribution in [0.3, 0.4) is 0 Å². The fourth-order valence-electron chi connectivity index (χ4n) is 4.81. The monoisotopic (exact) mass is 598 g/mol. The molecule has 0 bridgehead atoms. The van der Waals surface area contributed by atoms with E-state index in [4.69, 9.17) is 9.47 Å². The van der Waals surface area contributed by atoms with Gasteiger partial charge in [-0.05, 0) is 85.8 Å². The largest absolute Gasteiger partial charge is 0.498 e. The van der Waals surface area contributed by atoms with Crippen molar-refractivity contribution in [2.75, 3.05) is 24.2 Å². The fourth-order valence-corrected chi connectivity index (χ4v) is 5.81. The third kappa shape index (κ3) is 9.47. The summed E-state index contributed by atoms with van der Waals surface area (Å²) in [6.07, 6.45) is 7.73. The van der Waals surface area contributed by atoms with E-state index in [1.807, 2.05) is 18.2 Å². The molecule has 1 heterocycles. The smallest absolute Gasteiger partial charge is 0.416 e. The number of nitrogens with one attached hydrogen (secondary N) is 1. The molecule has 0 spiro atoms. The van der Waals surface area contributed by atoms with Crippen molar-refractivity contribution < 1.29 is 22.6 Å². The summed E-state index contributed by atoms with van der Waals surface area (Å²) in [5.74, 6) is 3.24. The average molecular weight is 599 g/mol. The molecule has 4 rings (SSSR count). The topological polar surface area (TPSA) is 42.8 Å². The van der Waals surface area contributed by atoms with Gasteiger partial charge < -0.3 is 14.8 Å². The maximum atomic E-state index is 13.2. The lowest BCUT2D eigenvalue weighted by molar-refractivity contribution is -0.137. The second-order valence-electron chi connectivity index (χ2n) is 10.7. The number of rotatable bonds is 14. The van der Waals surface area contributed by atoms with E-state index in [0.717, 1.165) is 67.1 Å². The Balaban J connectivity index is 1.35. The van der Waals surface area contributed by atoms with Crippen molar-refractivity contribution in [2.45, 2.75) is 82.7 Å². The summed E-state index contributed by atoms with van der Waals surface area (Å²) in [4.78, 5) is 5.38. The molecule has 1 aliphatic heterocycles. The van der Waals surface area contributed by atoms with E-state index in [-0.39, 0.29) is 11.7 Å². The van der Waals surface area contributed by atoms with Crippen molar-refractivity contribution in [3.8, 4) is 0 Å². The summed E-state index contributed by atoms with van der Waals surface area (Å²) >= 11 is 1.76. The van der Waals surface area contributed by atoms with Crippen LogP contribution < -0.4 is 5.32 Å². The molecule has 2 aliphatic rings. The number of nitrogens with zero attached hydrogens (tertiary/aromatic N) is 1. The molecule has 1 saturated carbocycles. The fraction of sp³-hybridized carbons (Fsp3) is 0.471. The van der Waals surface area contributed by atoms with Gasteiger partial charge in [0.1, 0.15) is 0 Å². The lowest BCUT2D eigenvalue weighted by Crippen LogP contribution is -2.16. The highest BCUT2D eigenvalue weighted by Crippen LogP contribution is 2.34. The minimum atomic E-state index is -4.43. The number of halogens is 3. The minimum Gasteiger partial charge on any atom is -0.498 e. The number of thioether (sulfide) groups is 1. The molecule has 1 fully saturated rings. The molecule has 1 aliphatic carbocycles. The molecule has 0 amide bonds. The van der Waals surface area contributed by atoms with Gasteiger partial charge >= 0.3 is 6.18 Å². The van der Waals surface area contributed by atoms with E-state index >= 15 is 0 Å². The molecular weight excluding hydrogens is 557 g/mol. The zero-order chi connectivity index (χ0) is 29.8. The third-order valence-corrected chi connectivity index (χ3v) is 8.68. The summed E-state index contributed by atoms with van der Waals surface area (Å²) in [6.45, 7) is 5.62. The summed E-state index contributed by atoms with van der Waals surface area (Å²) in [5.41, 5.74) is 5.05. The Kier molecular flexibility index (Phi) is 12.1. The Hall–Kier alpha value is -3.09. The second kappa shape index (κ2) is 15.9. The van der Waals surface area contributed by atoms with Gasteiger partial charge in [0.25, 0.3) is 6.02 Å². The summed E-state index contributed by atoms with van der Waals surface area (Å²) < 4.78 is 52.0. The lowest BCUT2D eigenvalue weighted by Gasteiger charge is -2.24. The van der Waals surface area contributed by atoms with E-state index in [2.05, 4.69) is 36.0 Å². The number of alkyl halides is 3. The van der Waals surface area contributed by atoms with E-state index in [0.29, 0.717) is 18.2 Å². The minimum absolute atomic E-state index is 0.128. The first-order valence-corrected chi connectivity index (χ1v) is 16.0. The van der Waals surface area contributed by atoms with E-state index in [9.17, 15) is 13.2 Å². The van der Waals surface area contributed by atoms with E-state index < -0.39 is 11.7 Å². The maximum absolute atomic E-state index is 13.2. The number of hydrogen-bond acceptors (Lipinski definition) is 5. The number of benzene rings is 2. The Morgan fingerprint density at radius 2 is 1.95 bits per heavy atom. The number of anilines is 1. The van der Waals surface area contributed by atoms with Gasteiger partial charge in [0.05, 0.1) is 24.5 Å². The quantitative estimate of drug-likeness (QED) is 0.102. The second-order valence-corrected chi connectivity index (χ2v) is 11.8. The highest BCUT2D eigenvalue weighted by molar-refractivity contribution is 7.99. The SMILES string of the molecule is CCCCC(CC)COC(CCCSc1ccccc1C1=C=CCN=C(Nc2cccc(C(F)(F)F)c2)O1)=C1CCC1. The Morgan fingerprint density at radius 1 is 1.12 bits per heavy atom. The zero-order valence-electron chi connectivity index (χ0n) is 24.6. The van der Waals surface area contributed by atoms with Gasteiger partial charge in [-0.15, -0.1) is 11.8 Å². The van der Waals surface area contributed by atoms with Crippen LogP contribution in [-0.4, -0.2) is 24.9 Å². The van der Waals surface area contributed by atoms with Crippen molar-refractivity contribution >= 4 is 29.2 Å². The van der Waals surface area contributed by atoms with Crippen LogP contribution in [-0.2, 0) is 15.7 Å². The van der Waals surface area contributed by atoms with Gasteiger partial charge in [0, 0.05) is 22.6 Å². The van der Waals surface area contributed by atoms with Crippen LogP contribution in [0, 0.1) is 5.92 Å². The number of hydrogen-bond donors (Lipinski definition) is 1. The number of allylic oxidation sites excluding steroid dienone is 2. The highest BCUT2D eigenvalue weighted by atomic mass is 32.2. The molecule has 1 N–H and O–H groups in total. The average Bonchev–Trinajstić information content (AvgIpc) is 3.19. The van der Waals surface area contributed by atoms with Gasteiger partial charge in [-0.3, -0.25) is 0 Å². The molecule has 42 heavy (non-hydrogen) atoms. The molecular formula is C34H41F3N2O2S. The predicted octanol–water partition coefficient (Wildman–Crippen LogP) is 10.2. The first-order valence-electron chi connectivity index (χ1n) is 15.0. The Bertz CT molecular complexity index is 1310. The molecule has 1 atom stereocenters. The Morgan fingerprint density at radius 3 is 2.69 bits per heavy atom. The van der Waals surface area contributed by atoms with Crippen molar-refractivity contribution in [3.63, 3.8) is 0 Å². The lowest BCUT2D eigenvalue weighted by atomic mass is 9.90. The molecule has 0 aromatic heterocycles. The maximum Gasteiger partial charge on any atom is 0.416 e. The van der Waals surface area contributed by atoms with Gasteiger partial charge in [-0.2, -0.15) is 13.2 Å². The summed E-state index contributed by atoms with van der Waals surface area (Å²) in [7, 11) is 0. The summed E-state index contributed by atoms with van der Waals surface area (Å²) in [5, 5.41) is 2.90. The number of unbranched alkanes of at least 4 members (excludes halogenated alkanes) is 1. The van der Waals surface area contributed by atoms with E-state index in [1.165, 1.54) is 43.1 Å². The van der Waals surface area contributed by atoms with Gasteiger partial charge in [0.15, 0.2) is 5.76 Å². The molecule has 0 saturated heterocycles.